The second-order valence-electron chi connectivity index (χ2n) is 7.90. The lowest BCUT2D eigenvalue weighted by Crippen LogP contribution is -2.44. The van der Waals surface area contributed by atoms with E-state index in [2.05, 4.69) is 33.9 Å². The second kappa shape index (κ2) is 6.07. The molecule has 0 bridgehead atoms. The fourth-order valence-corrected chi connectivity index (χ4v) is 3.80. The Hall–Kier alpha value is -1.29. The fraction of sp³-hybridized carbons (Fsp3) is 0.611. The molecule has 0 aliphatic heterocycles. The number of hydrogen-bond donors (Lipinski definition) is 1. The topological polar surface area (TPSA) is 46.5 Å². The zero-order valence-corrected chi connectivity index (χ0v) is 15.4. The molecule has 3 nitrogen and oxygen atoms in total. The van der Waals surface area contributed by atoms with Gasteiger partial charge in [-0.05, 0) is 60.7 Å². The summed E-state index contributed by atoms with van der Waals surface area (Å²) < 4.78 is 6.49. The zero-order chi connectivity index (χ0) is 16.5. The van der Waals surface area contributed by atoms with Crippen LogP contribution in [0.15, 0.2) is 18.2 Å². The van der Waals surface area contributed by atoms with E-state index < -0.39 is 14.3 Å². The Morgan fingerprint density at radius 1 is 1.23 bits per heavy atom. The van der Waals surface area contributed by atoms with E-state index in [1.165, 1.54) is 12.8 Å². The Balaban J connectivity index is 2.39. The Morgan fingerprint density at radius 2 is 1.82 bits per heavy atom. The molecule has 0 amide bonds. The van der Waals surface area contributed by atoms with Crippen LogP contribution in [0.4, 0.5) is 0 Å². The molecule has 0 spiro atoms. The van der Waals surface area contributed by atoms with Crippen molar-refractivity contribution >= 4 is 14.3 Å². The van der Waals surface area contributed by atoms with E-state index in [1.54, 1.807) is 6.07 Å². The van der Waals surface area contributed by atoms with E-state index in [0.29, 0.717) is 11.5 Å². The van der Waals surface area contributed by atoms with Crippen molar-refractivity contribution in [2.24, 2.45) is 0 Å². The van der Waals surface area contributed by atoms with Crippen LogP contribution in [0.25, 0.3) is 0 Å². The molecule has 0 atom stereocenters. The normalized spacial score (nSPS) is 16.8. The number of carboxylic acid groups (broad SMARTS) is 1. The molecule has 0 heterocycles. The van der Waals surface area contributed by atoms with Crippen molar-refractivity contribution < 1.29 is 14.3 Å². The van der Waals surface area contributed by atoms with Crippen molar-refractivity contribution in [3.63, 3.8) is 0 Å². The lowest BCUT2D eigenvalue weighted by Gasteiger charge is -2.37. The third-order valence-corrected chi connectivity index (χ3v) is 9.57. The Bertz CT molecular complexity index is 552. The molecule has 1 aromatic carbocycles. The highest BCUT2D eigenvalue weighted by Crippen LogP contribution is 2.43. The first kappa shape index (κ1) is 17.1. The number of benzene rings is 1. The summed E-state index contributed by atoms with van der Waals surface area (Å²) in [5.41, 5.74) is 1.46. The average molecular weight is 321 g/mol. The van der Waals surface area contributed by atoms with E-state index in [4.69, 9.17) is 4.43 Å². The van der Waals surface area contributed by atoms with Gasteiger partial charge in [0.15, 0.2) is 0 Å². The molecular formula is C18H28O3Si. The van der Waals surface area contributed by atoms with Gasteiger partial charge in [0.25, 0.3) is 0 Å². The molecule has 4 heteroatoms. The van der Waals surface area contributed by atoms with E-state index in [0.717, 1.165) is 24.2 Å². The third kappa shape index (κ3) is 3.54. The van der Waals surface area contributed by atoms with Gasteiger partial charge in [0, 0.05) is 0 Å². The van der Waals surface area contributed by atoms with E-state index >= 15 is 0 Å². The van der Waals surface area contributed by atoms with Crippen LogP contribution in [0.2, 0.25) is 18.1 Å². The van der Waals surface area contributed by atoms with Gasteiger partial charge >= 0.3 is 5.97 Å². The van der Waals surface area contributed by atoms with E-state index in [1.807, 2.05) is 12.1 Å². The Kier molecular flexibility index (Phi) is 4.71. The highest BCUT2D eigenvalue weighted by Gasteiger charge is 2.39. The summed E-state index contributed by atoms with van der Waals surface area (Å²) in [6.45, 7) is 11.1. The van der Waals surface area contributed by atoms with Crippen LogP contribution >= 0.6 is 0 Å². The molecule has 0 unspecified atom stereocenters. The maximum absolute atomic E-state index is 11.3. The summed E-state index contributed by atoms with van der Waals surface area (Å²) in [7, 11) is -1.92. The Morgan fingerprint density at radius 3 is 2.32 bits per heavy atom. The van der Waals surface area contributed by atoms with Crippen LogP contribution in [0.1, 0.15) is 68.3 Å². The molecule has 22 heavy (non-hydrogen) atoms. The number of carboxylic acids is 1. The van der Waals surface area contributed by atoms with Gasteiger partial charge in [0.1, 0.15) is 5.75 Å². The second-order valence-corrected chi connectivity index (χ2v) is 12.6. The maximum Gasteiger partial charge on any atom is 0.335 e. The predicted molar refractivity (Wildman–Crippen MR) is 92.4 cm³/mol. The highest BCUT2D eigenvalue weighted by molar-refractivity contribution is 6.74. The molecule has 0 radical (unpaired) electrons. The smallest absolute Gasteiger partial charge is 0.335 e. The molecule has 2 rings (SSSR count). The number of hydrogen-bond acceptors (Lipinski definition) is 2. The summed E-state index contributed by atoms with van der Waals surface area (Å²) in [5, 5.41) is 9.40. The largest absolute Gasteiger partial charge is 0.543 e. The molecule has 1 N–H and O–H groups in total. The van der Waals surface area contributed by atoms with Gasteiger partial charge in [0.05, 0.1) is 5.56 Å². The first-order chi connectivity index (χ1) is 10.1. The lowest BCUT2D eigenvalue weighted by atomic mass is 9.95. The monoisotopic (exact) mass is 320 g/mol. The van der Waals surface area contributed by atoms with Crippen LogP contribution in [0, 0.1) is 0 Å². The highest BCUT2D eigenvalue weighted by atomic mass is 28.4. The summed E-state index contributed by atoms with van der Waals surface area (Å²) in [6.07, 6.45) is 4.72. The van der Waals surface area contributed by atoms with Gasteiger partial charge in [-0.15, -0.1) is 0 Å². The molecule has 1 fully saturated rings. The zero-order valence-electron chi connectivity index (χ0n) is 14.4. The minimum Gasteiger partial charge on any atom is -0.543 e. The minimum atomic E-state index is -1.92. The summed E-state index contributed by atoms with van der Waals surface area (Å²) in [6, 6.07) is 5.38. The maximum atomic E-state index is 11.3. The molecule has 1 aromatic rings. The van der Waals surface area contributed by atoms with Crippen molar-refractivity contribution in [3.05, 3.63) is 29.3 Å². The third-order valence-electron chi connectivity index (χ3n) is 5.22. The fourth-order valence-electron chi connectivity index (χ4n) is 2.76. The lowest BCUT2D eigenvalue weighted by molar-refractivity contribution is 0.0696. The summed E-state index contributed by atoms with van der Waals surface area (Å²) in [5.74, 6) is 0.487. The van der Waals surface area contributed by atoms with Crippen LogP contribution in [0.5, 0.6) is 5.75 Å². The molecule has 122 valence electrons. The molecule has 0 aromatic heterocycles. The molecule has 1 aliphatic rings. The molecular weight excluding hydrogens is 292 g/mol. The number of aromatic carboxylic acids is 1. The van der Waals surface area contributed by atoms with Crippen molar-refractivity contribution in [2.75, 3.05) is 0 Å². The minimum absolute atomic E-state index is 0.130. The standard InChI is InChI=1S/C18H28O3Si/c1-18(2,3)22(4,5)21-16-11-10-14(17(19)20)12-15(16)13-8-6-7-9-13/h10-13H,6-9H2,1-5H3,(H,19,20). The van der Waals surface area contributed by atoms with Crippen LogP contribution in [-0.2, 0) is 0 Å². The quantitative estimate of drug-likeness (QED) is 0.753. The predicted octanol–water partition coefficient (Wildman–Crippen LogP) is 5.43. The van der Waals surface area contributed by atoms with Crippen molar-refractivity contribution in [1.82, 2.24) is 0 Å². The van der Waals surface area contributed by atoms with Crippen LogP contribution in [-0.4, -0.2) is 19.4 Å². The Labute approximate surface area is 134 Å². The van der Waals surface area contributed by atoms with Gasteiger partial charge in [-0.3, -0.25) is 0 Å². The van der Waals surface area contributed by atoms with Crippen molar-refractivity contribution in [2.45, 2.75) is 70.5 Å². The molecule has 1 saturated carbocycles. The van der Waals surface area contributed by atoms with Crippen LogP contribution < -0.4 is 4.43 Å². The van der Waals surface area contributed by atoms with Gasteiger partial charge in [-0.1, -0.05) is 33.6 Å². The number of rotatable bonds is 4. The molecule has 0 saturated heterocycles. The van der Waals surface area contributed by atoms with Gasteiger partial charge in [-0.25, -0.2) is 4.79 Å². The first-order valence-corrected chi connectivity index (χ1v) is 11.1. The van der Waals surface area contributed by atoms with E-state index in [9.17, 15) is 9.90 Å². The first-order valence-electron chi connectivity index (χ1n) is 8.18. The molecule has 1 aliphatic carbocycles. The van der Waals surface area contributed by atoms with E-state index in [-0.39, 0.29) is 5.04 Å². The van der Waals surface area contributed by atoms with Gasteiger partial charge in [-0.2, -0.15) is 0 Å². The SMILES string of the molecule is CC(C)(C)[Si](C)(C)Oc1ccc(C(=O)O)cc1C1CCCC1. The van der Waals surface area contributed by atoms with Crippen LogP contribution in [0.3, 0.4) is 0 Å². The van der Waals surface area contributed by atoms with Crippen molar-refractivity contribution in [1.29, 1.82) is 0 Å². The van der Waals surface area contributed by atoms with Gasteiger partial charge in [0.2, 0.25) is 8.32 Å². The van der Waals surface area contributed by atoms with Gasteiger partial charge < -0.3 is 9.53 Å². The van der Waals surface area contributed by atoms with Crippen molar-refractivity contribution in [3.8, 4) is 5.75 Å². The summed E-state index contributed by atoms with van der Waals surface area (Å²) >= 11 is 0. The summed E-state index contributed by atoms with van der Waals surface area (Å²) in [4.78, 5) is 11.3. The number of carbonyl (C=O) groups is 1. The average Bonchev–Trinajstić information content (AvgIpc) is 2.90.